The number of primary amides is 1. The third-order valence-electron chi connectivity index (χ3n) is 5.70. The normalized spacial score (nSPS) is 18.8. The van der Waals surface area contributed by atoms with Crippen LogP contribution in [-0.4, -0.2) is 69.7 Å². The quantitative estimate of drug-likeness (QED) is 0.655. The molecule has 2 atom stereocenters. The third-order valence-corrected chi connectivity index (χ3v) is 5.70. The summed E-state index contributed by atoms with van der Waals surface area (Å²) < 4.78 is 6.91. The fourth-order valence-electron chi connectivity index (χ4n) is 3.96. The first-order chi connectivity index (χ1) is 15.0. The predicted octanol–water partition coefficient (Wildman–Crippen LogP) is 1.01. The fraction of sp³-hybridized carbons (Fsp3) is 0.591. The first-order valence-electron chi connectivity index (χ1n) is 10.7. The van der Waals surface area contributed by atoms with E-state index in [2.05, 4.69) is 36.2 Å². The number of hydrogen-bond acceptors (Lipinski definition) is 6. The maximum Gasteiger partial charge on any atom is 0.269 e. The van der Waals surface area contributed by atoms with Crippen LogP contribution in [0.25, 0.3) is 10.9 Å². The van der Waals surface area contributed by atoms with E-state index < -0.39 is 11.9 Å². The highest BCUT2D eigenvalue weighted by atomic mass is 16.5. The number of methoxy groups -OCH3 is 1. The van der Waals surface area contributed by atoms with E-state index in [1.54, 1.807) is 26.3 Å². The van der Waals surface area contributed by atoms with Gasteiger partial charge in [-0.2, -0.15) is 5.10 Å². The van der Waals surface area contributed by atoms with Crippen molar-refractivity contribution >= 4 is 28.6 Å². The van der Waals surface area contributed by atoms with E-state index in [1.165, 1.54) is 9.58 Å². The summed E-state index contributed by atoms with van der Waals surface area (Å²) in [6, 6.07) is 0.997. The molecule has 1 fully saturated rings. The van der Waals surface area contributed by atoms with Gasteiger partial charge in [-0.1, -0.05) is 20.8 Å². The van der Waals surface area contributed by atoms with E-state index in [0.717, 1.165) is 6.42 Å². The topological polar surface area (TPSA) is 132 Å². The standard InChI is InChI=1S/C22H32N6O4/c1-13-10-14-15(11-25-13)28(26-18(14)20(23)30)12-17(29)27-9-6-16(32-5)19(27)21(31)24-8-7-22(2,3)4/h10-11,16,19H,6-9,12H2,1-5H3,(H2,23,30)(H,24,31)/t16-,19+/m1/s1. The number of amides is 3. The molecule has 0 aromatic carbocycles. The second-order valence-electron chi connectivity index (χ2n) is 9.41. The average Bonchev–Trinajstić information content (AvgIpc) is 3.28. The molecule has 0 spiro atoms. The maximum atomic E-state index is 13.2. The first-order valence-corrected chi connectivity index (χ1v) is 10.7. The minimum absolute atomic E-state index is 0.0881. The summed E-state index contributed by atoms with van der Waals surface area (Å²) >= 11 is 0. The van der Waals surface area contributed by atoms with Crippen molar-refractivity contribution in [1.82, 2.24) is 25.0 Å². The lowest BCUT2D eigenvalue weighted by atomic mass is 9.92. The molecule has 3 rings (SSSR count). The lowest BCUT2D eigenvalue weighted by Crippen LogP contribution is -2.51. The number of aromatic nitrogens is 3. The molecule has 10 nitrogen and oxygen atoms in total. The van der Waals surface area contributed by atoms with Gasteiger partial charge in [0.15, 0.2) is 5.69 Å². The van der Waals surface area contributed by atoms with Gasteiger partial charge in [0.1, 0.15) is 12.6 Å². The van der Waals surface area contributed by atoms with Gasteiger partial charge in [0.05, 0.1) is 17.8 Å². The molecule has 32 heavy (non-hydrogen) atoms. The second kappa shape index (κ2) is 9.23. The molecular formula is C22H32N6O4. The van der Waals surface area contributed by atoms with Gasteiger partial charge >= 0.3 is 0 Å². The van der Waals surface area contributed by atoms with Crippen LogP contribution >= 0.6 is 0 Å². The molecule has 0 radical (unpaired) electrons. The second-order valence-corrected chi connectivity index (χ2v) is 9.41. The molecule has 2 aromatic rings. The van der Waals surface area contributed by atoms with E-state index in [-0.39, 0.29) is 35.6 Å². The van der Waals surface area contributed by atoms with Crippen molar-refractivity contribution in [2.24, 2.45) is 11.1 Å². The summed E-state index contributed by atoms with van der Waals surface area (Å²) in [5, 5.41) is 7.74. The van der Waals surface area contributed by atoms with Gasteiger partial charge < -0.3 is 20.7 Å². The Morgan fingerprint density at radius 3 is 2.66 bits per heavy atom. The van der Waals surface area contributed by atoms with Crippen LogP contribution in [0.5, 0.6) is 0 Å². The molecule has 10 heteroatoms. The molecule has 3 N–H and O–H groups in total. The van der Waals surface area contributed by atoms with Crippen LogP contribution in [0.3, 0.4) is 0 Å². The Balaban J connectivity index is 1.80. The minimum atomic E-state index is -0.717. The molecular weight excluding hydrogens is 412 g/mol. The van der Waals surface area contributed by atoms with Crippen LogP contribution < -0.4 is 11.1 Å². The van der Waals surface area contributed by atoms with Crippen LogP contribution in [-0.2, 0) is 20.9 Å². The Hall–Kier alpha value is -3.01. The number of pyridine rings is 1. The Morgan fingerprint density at radius 1 is 1.31 bits per heavy atom. The molecule has 1 saturated heterocycles. The molecule has 2 aromatic heterocycles. The molecule has 0 unspecified atom stereocenters. The van der Waals surface area contributed by atoms with Gasteiger partial charge in [-0.15, -0.1) is 0 Å². The number of nitrogens with one attached hydrogen (secondary N) is 1. The largest absolute Gasteiger partial charge is 0.379 e. The van der Waals surface area contributed by atoms with Gasteiger partial charge in [-0.3, -0.25) is 24.0 Å². The molecule has 3 heterocycles. The van der Waals surface area contributed by atoms with Crippen molar-refractivity contribution in [1.29, 1.82) is 0 Å². The molecule has 3 amide bonds. The van der Waals surface area contributed by atoms with Crippen molar-refractivity contribution in [2.75, 3.05) is 20.2 Å². The van der Waals surface area contributed by atoms with Crippen LogP contribution in [0.1, 0.15) is 49.8 Å². The Bertz CT molecular complexity index is 1030. The lowest BCUT2D eigenvalue weighted by Gasteiger charge is -2.27. The zero-order chi connectivity index (χ0) is 23.6. The van der Waals surface area contributed by atoms with Crippen LogP contribution in [0.15, 0.2) is 12.3 Å². The SMILES string of the molecule is CO[C@@H]1CCN(C(=O)Cn2nc(C(N)=O)c3cc(C)ncc32)[C@@H]1C(=O)NCCC(C)(C)C. The third kappa shape index (κ3) is 5.07. The molecule has 1 aliphatic heterocycles. The summed E-state index contributed by atoms with van der Waals surface area (Å²) in [6.07, 6.45) is 2.56. The van der Waals surface area contributed by atoms with Crippen molar-refractivity contribution < 1.29 is 19.1 Å². The zero-order valence-corrected chi connectivity index (χ0v) is 19.3. The van der Waals surface area contributed by atoms with Crippen LogP contribution in [0, 0.1) is 12.3 Å². The summed E-state index contributed by atoms with van der Waals surface area (Å²) in [7, 11) is 1.54. The predicted molar refractivity (Wildman–Crippen MR) is 119 cm³/mol. The van der Waals surface area contributed by atoms with Gasteiger partial charge in [-0.25, -0.2) is 0 Å². The molecule has 0 saturated carbocycles. The summed E-state index contributed by atoms with van der Waals surface area (Å²) in [5.41, 5.74) is 6.89. The summed E-state index contributed by atoms with van der Waals surface area (Å²) in [4.78, 5) is 43.7. The molecule has 1 aliphatic rings. The highest BCUT2D eigenvalue weighted by Crippen LogP contribution is 2.24. The maximum absolute atomic E-state index is 13.2. The van der Waals surface area contributed by atoms with Gasteiger partial charge in [-0.05, 0) is 31.2 Å². The van der Waals surface area contributed by atoms with E-state index in [1.807, 2.05) is 0 Å². The number of aryl methyl sites for hydroxylation is 1. The van der Waals surface area contributed by atoms with Gasteiger partial charge in [0.25, 0.3) is 5.91 Å². The number of carbonyl (C=O) groups excluding carboxylic acids is 3. The minimum Gasteiger partial charge on any atom is -0.379 e. The highest BCUT2D eigenvalue weighted by Gasteiger charge is 2.42. The van der Waals surface area contributed by atoms with Gasteiger partial charge in [0.2, 0.25) is 11.8 Å². The molecule has 0 bridgehead atoms. The number of rotatable bonds is 7. The van der Waals surface area contributed by atoms with Gasteiger partial charge in [0, 0.05) is 31.3 Å². The smallest absolute Gasteiger partial charge is 0.269 e. The monoisotopic (exact) mass is 444 g/mol. The number of nitrogens with zero attached hydrogens (tertiary/aromatic N) is 4. The number of nitrogens with two attached hydrogens (primary N) is 1. The number of fused-ring (bicyclic) bond motifs is 1. The first kappa shape index (κ1) is 23.6. The van der Waals surface area contributed by atoms with Crippen molar-refractivity contribution in [3.63, 3.8) is 0 Å². The molecule has 0 aliphatic carbocycles. The lowest BCUT2D eigenvalue weighted by molar-refractivity contribution is -0.141. The number of ether oxygens (including phenoxy) is 1. The van der Waals surface area contributed by atoms with E-state index in [4.69, 9.17) is 10.5 Å². The van der Waals surface area contributed by atoms with E-state index in [0.29, 0.717) is 36.1 Å². The highest BCUT2D eigenvalue weighted by molar-refractivity contribution is 6.04. The van der Waals surface area contributed by atoms with Crippen molar-refractivity contribution in [3.8, 4) is 0 Å². The molecule has 174 valence electrons. The number of carbonyl (C=O) groups is 3. The van der Waals surface area contributed by atoms with Crippen molar-refractivity contribution in [3.05, 3.63) is 23.7 Å². The van der Waals surface area contributed by atoms with E-state index >= 15 is 0 Å². The van der Waals surface area contributed by atoms with Crippen LogP contribution in [0.2, 0.25) is 0 Å². The van der Waals surface area contributed by atoms with E-state index in [9.17, 15) is 14.4 Å². The van der Waals surface area contributed by atoms with Crippen LogP contribution in [0.4, 0.5) is 0 Å². The summed E-state index contributed by atoms with van der Waals surface area (Å²) in [5.74, 6) is -1.20. The zero-order valence-electron chi connectivity index (χ0n) is 19.3. The average molecular weight is 445 g/mol. The fourth-order valence-corrected chi connectivity index (χ4v) is 3.96. The Labute approximate surface area is 187 Å². The van der Waals surface area contributed by atoms with Crippen molar-refractivity contribution in [2.45, 2.75) is 59.2 Å². The summed E-state index contributed by atoms with van der Waals surface area (Å²) in [6.45, 7) is 8.89. The Kier molecular flexibility index (Phi) is 6.82. The number of likely N-dealkylation sites (tertiary alicyclic amines) is 1. The Morgan fingerprint density at radius 2 is 2.03 bits per heavy atom. The number of hydrogen-bond donors (Lipinski definition) is 2.